The molecule has 14 heavy (non-hydrogen) atoms. The summed E-state index contributed by atoms with van der Waals surface area (Å²) >= 11 is 1.70. The molecule has 0 fully saturated rings. The lowest BCUT2D eigenvalue weighted by Gasteiger charge is -1.96. The first-order valence-electron chi connectivity index (χ1n) is 4.49. The van der Waals surface area contributed by atoms with Crippen LogP contribution in [-0.2, 0) is 13.6 Å². The molecule has 0 unspecified atom stereocenters. The maximum absolute atomic E-state index is 5.57. The summed E-state index contributed by atoms with van der Waals surface area (Å²) in [4.78, 5) is 1.21. The second-order valence-electron chi connectivity index (χ2n) is 3.27. The van der Waals surface area contributed by atoms with Crippen LogP contribution in [0.1, 0.15) is 10.6 Å². The Morgan fingerprint density at radius 2 is 2.36 bits per heavy atom. The van der Waals surface area contributed by atoms with E-state index in [4.69, 9.17) is 5.73 Å². The number of rotatable bonds is 2. The van der Waals surface area contributed by atoms with Gasteiger partial charge in [-0.25, -0.2) is 0 Å². The van der Waals surface area contributed by atoms with Gasteiger partial charge < -0.3 is 5.73 Å². The van der Waals surface area contributed by atoms with E-state index in [2.05, 4.69) is 23.5 Å². The third kappa shape index (κ3) is 1.47. The number of nitrogens with two attached hydrogens (primary N) is 1. The molecular weight excluding hydrogens is 194 g/mol. The maximum atomic E-state index is 5.57. The molecule has 0 aliphatic carbocycles. The Bertz CT molecular complexity index is 442. The molecule has 0 aliphatic rings. The van der Waals surface area contributed by atoms with Crippen LogP contribution >= 0.6 is 11.3 Å². The van der Waals surface area contributed by atoms with Crippen LogP contribution in [0.25, 0.3) is 11.1 Å². The molecule has 0 bridgehead atoms. The van der Waals surface area contributed by atoms with Crippen molar-refractivity contribution in [2.24, 2.45) is 12.8 Å². The van der Waals surface area contributed by atoms with Crippen LogP contribution in [0.4, 0.5) is 0 Å². The molecule has 2 aromatic rings. The lowest BCUT2D eigenvalue weighted by molar-refractivity contribution is 0.740. The maximum Gasteiger partial charge on any atom is 0.0571 e. The first kappa shape index (κ1) is 9.43. The van der Waals surface area contributed by atoms with Crippen molar-refractivity contribution >= 4 is 11.3 Å². The van der Waals surface area contributed by atoms with Crippen molar-refractivity contribution in [3.8, 4) is 11.1 Å². The molecule has 0 aliphatic heterocycles. The van der Waals surface area contributed by atoms with Crippen LogP contribution in [-0.4, -0.2) is 9.78 Å². The molecule has 0 aromatic carbocycles. The van der Waals surface area contributed by atoms with E-state index in [9.17, 15) is 0 Å². The molecule has 0 radical (unpaired) electrons. The molecular formula is C10H13N3S. The van der Waals surface area contributed by atoms with Gasteiger partial charge in [-0.05, 0) is 23.9 Å². The summed E-state index contributed by atoms with van der Waals surface area (Å²) in [6.45, 7) is 2.69. The van der Waals surface area contributed by atoms with E-state index in [-0.39, 0.29) is 0 Å². The van der Waals surface area contributed by atoms with E-state index < -0.39 is 0 Å². The number of hydrogen-bond acceptors (Lipinski definition) is 3. The Morgan fingerprint density at radius 1 is 1.57 bits per heavy atom. The smallest absolute Gasteiger partial charge is 0.0571 e. The van der Waals surface area contributed by atoms with Crippen LogP contribution < -0.4 is 5.73 Å². The van der Waals surface area contributed by atoms with Gasteiger partial charge in [-0.1, -0.05) is 0 Å². The second kappa shape index (κ2) is 3.55. The van der Waals surface area contributed by atoms with Crippen LogP contribution in [0, 0.1) is 6.92 Å². The molecule has 4 heteroatoms. The van der Waals surface area contributed by atoms with Gasteiger partial charge in [0, 0.05) is 29.7 Å². The Balaban J connectivity index is 2.44. The molecule has 0 saturated carbocycles. The molecule has 74 valence electrons. The number of hydrogen-bond donors (Lipinski definition) is 1. The Kier molecular flexibility index (Phi) is 2.39. The predicted octanol–water partition coefficient (Wildman–Crippen LogP) is 1.92. The van der Waals surface area contributed by atoms with Crippen molar-refractivity contribution in [2.75, 3.05) is 0 Å². The van der Waals surface area contributed by atoms with E-state index in [0.717, 1.165) is 0 Å². The molecule has 0 amide bonds. The number of aromatic nitrogens is 2. The molecule has 0 saturated heterocycles. The van der Waals surface area contributed by atoms with Gasteiger partial charge in [0.1, 0.15) is 0 Å². The Hall–Kier alpha value is -1.13. The average Bonchev–Trinajstić information content (AvgIpc) is 2.75. The Labute approximate surface area is 87.2 Å². The second-order valence-corrected chi connectivity index (χ2v) is 4.27. The first-order chi connectivity index (χ1) is 6.72. The summed E-state index contributed by atoms with van der Waals surface area (Å²) in [5.41, 5.74) is 9.18. The van der Waals surface area contributed by atoms with E-state index in [0.29, 0.717) is 6.54 Å². The van der Waals surface area contributed by atoms with Crippen molar-refractivity contribution < 1.29 is 0 Å². The quantitative estimate of drug-likeness (QED) is 0.817. The molecule has 2 rings (SSSR count). The summed E-state index contributed by atoms with van der Waals surface area (Å²) in [6.07, 6.45) is 1.90. The van der Waals surface area contributed by atoms with Gasteiger partial charge in [-0.2, -0.15) is 5.10 Å². The molecule has 3 nitrogen and oxygen atoms in total. The van der Waals surface area contributed by atoms with Gasteiger partial charge >= 0.3 is 0 Å². The monoisotopic (exact) mass is 207 g/mol. The van der Waals surface area contributed by atoms with E-state index in [1.54, 1.807) is 11.3 Å². The van der Waals surface area contributed by atoms with Gasteiger partial charge in [0.15, 0.2) is 0 Å². The highest BCUT2D eigenvalue weighted by molar-refractivity contribution is 7.10. The minimum atomic E-state index is 0.615. The highest BCUT2D eigenvalue weighted by Crippen LogP contribution is 2.27. The highest BCUT2D eigenvalue weighted by Gasteiger charge is 2.07. The van der Waals surface area contributed by atoms with E-state index in [1.165, 1.54) is 21.7 Å². The summed E-state index contributed by atoms with van der Waals surface area (Å²) in [5, 5.41) is 6.35. The minimum Gasteiger partial charge on any atom is -0.326 e. The fraction of sp³-hybridized carbons (Fsp3) is 0.300. The number of nitrogens with zero attached hydrogens (tertiary/aromatic N) is 2. The largest absolute Gasteiger partial charge is 0.326 e. The van der Waals surface area contributed by atoms with Crippen molar-refractivity contribution in [2.45, 2.75) is 13.5 Å². The summed E-state index contributed by atoms with van der Waals surface area (Å²) < 4.78 is 1.88. The lowest BCUT2D eigenvalue weighted by Crippen LogP contribution is -1.92. The fourth-order valence-electron chi connectivity index (χ4n) is 1.41. The summed E-state index contributed by atoms with van der Waals surface area (Å²) in [6, 6.07) is 2.13. The normalized spacial score (nSPS) is 10.8. The zero-order valence-corrected chi connectivity index (χ0v) is 9.14. The first-order valence-corrected chi connectivity index (χ1v) is 5.37. The van der Waals surface area contributed by atoms with Crippen molar-refractivity contribution in [3.63, 3.8) is 0 Å². The van der Waals surface area contributed by atoms with Crippen LogP contribution in [0.2, 0.25) is 0 Å². The zero-order chi connectivity index (χ0) is 10.1. The fourth-order valence-corrected chi connectivity index (χ4v) is 2.18. The summed E-state index contributed by atoms with van der Waals surface area (Å²) in [7, 11) is 1.95. The standard InChI is InChI=1S/C10H13N3S/c1-7-10(5-12-13(7)2)8-3-9(4-11)14-6-8/h3,5-6H,4,11H2,1-2H3. The highest BCUT2D eigenvalue weighted by atomic mass is 32.1. The predicted molar refractivity (Wildman–Crippen MR) is 59.1 cm³/mol. The SMILES string of the molecule is Cc1c(-c2csc(CN)c2)cnn1C. The van der Waals surface area contributed by atoms with Gasteiger partial charge in [-0.3, -0.25) is 4.68 Å². The van der Waals surface area contributed by atoms with Crippen LogP contribution in [0.15, 0.2) is 17.6 Å². The van der Waals surface area contributed by atoms with Gasteiger partial charge in [0.05, 0.1) is 6.20 Å². The number of thiophene rings is 1. The molecule has 2 N–H and O–H groups in total. The van der Waals surface area contributed by atoms with Crippen LogP contribution in [0.3, 0.4) is 0 Å². The summed E-state index contributed by atoms with van der Waals surface area (Å²) in [5.74, 6) is 0. The van der Waals surface area contributed by atoms with Gasteiger partial charge in [0.25, 0.3) is 0 Å². The molecule has 0 atom stereocenters. The van der Waals surface area contributed by atoms with Gasteiger partial charge in [0.2, 0.25) is 0 Å². The average molecular weight is 207 g/mol. The molecule has 2 aromatic heterocycles. The van der Waals surface area contributed by atoms with Crippen molar-refractivity contribution in [1.82, 2.24) is 9.78 Å². The topological polar surface area (TPSA) is 43.8 Å². The minimum absolute atomic E-state index is 0.615. The third-order valence-electron chi connectivity index (χ3n) is 2.40. The van der Waals surface area contributed by atoms with Crippen molar-refractivity contribution in [3.05, 3.63) is 28.2 Å². The molecule has 0 spiro atoms. The Morgan fingerprint density at radius 3 is 2.86 bits per heavy atom. The van der Waals surface area contributed by atoms with Gasteiger partial charge in [-0.15, -0.1) is 11.3 Å². The van der Waals surface area contributed by atoms with Crippen molar-refractivity contribution in [1.29, 1.82) is 0 Å². The molecule has 2 heterocycles. The van der Waals surface area contributed by atoms with E-state index in [1.807, 2.05) is 17.9 Å². The third-order valence-corrected chi connectivity index (χ3v) is 3.36. The number of aryl methyl sites for hydroxylation is 1. The van der Waals surface area contributed by atoms with Crippen LogP contribution in [0.5, 0.6) is 0 Å². The van der Waals surface area contributed by atoms with E-state index >= 15 is 0 Å². The lowest BCUT2D eigenvalue weighted by atomic mass is 10.1. The zero-order valence-electron chi connectivity index (χ0n) is 8.32.